The molecule has 0 saturated carbocycles. The van der Waals surface area contributed by atoms with Crippen LogP contribution in [0.2, 0.25) is 0 Å². The van der Waals surface area contributed by atoms with E-state index < -0.39 is 0 Å². The van der Waals surface area contributed by atoms with Gasteiger partial charge in [-0.05, 0) is 11.8 Å². The Morgan fingerprint density at radius 3 is 1.73 bits per heavy atom. The maximum atomic E-state index is 6.09. The van der Waals surface area contributed by atoms with Crippen molar-refractivity contribution in [2.24, 2.45) is 17.6 Å². The first-order chi connectivity index (χ1) is 5.17. The van der Waals surface area contributed by atoms with E-state index in [2.05, 4.69) is 27.7 Å². The second-order valence-corrected chi connectivity index (χ2v) is 3.54. The van der Waals surface area contributed by atoms with Gasteiger partial charge in [0.05, 0.1) is 0 Å². The van der Waals surface area contributed by atoms with Gasteiger partial charge < -0.3 is 5.73 Å². The fourth-order valence-corrected chi connectivity index (χ4v) is 1.57. The molecule has 2 N–H and O–H groups in total. The summed E-state index contributed by atoms with van der Waals surface area (Å²) in [6.07, 6.45) is 3.65. The summed E-state index contributed by atoms with van der Waals surface area (Å²) in [5.41, 5.74) is 6.09. The van der Waals surface area contributed by atoms with Crippen LogP contribution in [0.3, 0.4) is 0 Å². The Morgan fingerprint density at radius 1 is 1.00 bits per heavy atom. The zero-order chi connectivity index (χ0) is 8.85. The summed E-state index contributed by atoms with van der Waals surface area (Å²) in [4.78, 5) is 0. The Hall–Kier alpha value is -0.0400. The van der Waals surface area contributed by atoms with E-state index in [0.29, 0.717) is 12.0 Å². The van der Waals surface area contributed by atoms with E-state index >= 15 is 0 Å². The second-order valence-electron chi connectivity index (χ2n) is 3.54. The second kappa shape index (κ2) is 5.59. The van der Waals surface area contributed by atoms with Crippen LogP contribution in [0.15, 0.2) is 0 Å². The Balaban J connectivity index is 3.86. The third kappa shape index (κ3) is 3.24. The normalized spacial score (nSPS) is 16.9. The maximum Gasteiger partial charge on any atom is 0.00926 e. The number of hydrogen-bond donors (Lipinski definition) is 1. The van der Waals surface area contributed by atoms with Crippen molar-refractivity contribution in [1.82, 2.24) is 0 Å². The van der Waals surface area contributed by atoms with Crippen molar-refractivity contribution < 1.29 is 0 Å². The van der Waals surface area contributed by atoms with Gasteiger partial charge in [-0.3, -0.25) is 0 Å². The molecule has 0 rings (SSSR count). The van der Waals surface area contributed by atoms with E-state index in [0.717, 1.165) is 5.92 Å². The highest BCUT2D eigenvalue weighted by Crippen LogP contribution is 2.19. The van der Waals surface area contributed by atoms with Crippen molar-refractivity contribution in [1.29, 1.82) is 0 Å². The van der Waals surface area contributed by atoms with Crippen LogP contribution >= 0.6 is 0 Å². The molecule has 11 heavy (non-hydrogen) atoms. The van der Waals surface area contributed by atoms with Crippen molar-refractivity contribution in [3.63, 3.8) is 0 Å². The lowest BCUT2D eigenvalue weighted by molar-refractivity contribution is 0.303. The van der Waals surface area contributed by atoms with Gasteiger partial charge in [0.1, 0.15) is 0 Å². The largest absolute Gasteiger partial charge is 0.327 e. The molecule has 1 heteroatoms. The van der Waals surface area contributed by atoms with E-state index in [1.54, 1.807) is 0 Å². The predicted octanol–water partition coefficient (Wildman–Crippen LogP) is 2.80. The van der Waals surface area contributed by atoms with Gasteiger partial charge in [0.25, 0.3) is 0 Å². The Kier molecular flexibility index (Phi) is 5.57. The fourth-order valence-electron chi connectivity index (χ4n) is 1.57. The molecule has 0 unspecified atom stereocenters. The Bertz CT molecular complexity index is 86.9. The van der Waals surface area contributed by atoms with E-state index in [1.165, 1.54) is 19.3 Å². The summed E-state index contributed by atoms with van der Waals surface area (Å²) in [6, 6.07) is 0.412. The van der Waals surface area contributed by atoms with Gasteiger partial charge in [-0.15, -0.1) is 0 Å². The lowest BCUT2D eigenvalue weighted by Crippen LogP contribution is -2.35. The van der Waals surface area contributed by atoms with Crippen molar-refractivity contribution in [3.05, 3.63) is 0 Å². The van der Waals surface area contributed by atoms with Crippen LogP contribution in [0.4, 0.5) is 0 Å². The summed E-state index contributed by atoms with van der Waals surface area (Å²) in [5, 5.41) is 0. The molecule has 0 spiro atoms. The average Bonchev–Trinajstić information content (AvgIpc) is 2.05. The molecule has 0 aromatic heterocycles. The van der Waals surface area contributed by atoms with Crippen LogP contribution < -0.4 is 5.73 Å². The zero-order valence-electron chi connectivity index (χ0n) is 8.43. The lowest BCUT2D eigenvalue weighted by Gasteiger charge is -2.26. The molecule has 0 saturated heterocycles. The monoisotopic (exact) mass is 157 g/mol. The van der Waals surface area contributed by atoms with Crippen LogP contribution in [0.1, 0.15) is 47.0 Å². The van der Waals surface area contributed by atoms with Crippen LogP contribution in [0.25, 0.3) is 0 Å². The molecule has 0 radical (unpaired) electrons. The van der Waals surface area contributed by atoms with Crippen molar-refractivity contribution in [2.75, 3.05) is 0 Å². The van der Waals surface area contributed by atoms with Crippen molar-refractivity contribution in [3.8, 4) is 0 Å². The first kappa shape index (κ1) is 11.0. The first-order valence-corrected chi connectivity index (χ1v) is 4.92. The Labute approximate surface area is 71.4 Å². The Morgan fingerprint density at radius 2 is 1.45 bits per heavy atom. The van der Waals surface area contributed by atoms with Crippen molar-refractivity contribution >= 4 is 0 Å². The van der Waals surface area contributed by atoms with Gasteiger partial charge in [-0.25, -0.2) is 0 Å². The van der Waals surface area contributed by atoms with E-state index in [-0.39, 0.29) is 0 Å². The molecular formula is C10H23N. The molecular weight excluding hydrogens is 134 g/mol. The molecule has 68 valence electrons. The fraction of sp³-hybridized carbons (Fsp3) is 1.00. The standard InChI is InChI=1S/C10H23N/c1-5-8(4)10(11)9(6-2)7-3/h8-10H,5-7,11H2,1-4H3/t8-,10+/m1/s1. The van der Waals surface area contributed by atoms with Crippen LogP contribution in [0.5, 0.6) is 0 Å². The molecule has 0 aromatic carbocycles. The molecule has 0 heterocycles. The zero-order valence-corrected chi connectivity index (χ0v) is 8.43. The molecule has 1 nitrogen and oxygen atoms in total. The summed E-state index contributed by atoms with van der Waals surface area (Å²) in [7, 11) is 0. The quantitative estimate of drug-likeness (QED) is 0.652. The lowest BCUT2D eigenvalue weighted by atomic mass is 9.85. The van der Waals surface area contributed by atoms with Crippen LogP contribution in [-0.2, 0) is 0 Å². The summed E-state index contributed by atoms with van der Waals surface area (Å²) in [5.74, 6) is 1.41. The van der Waals surface area contributed by atoms with E-state index in [9.17, 15) is 0 Å². The van der Waals surface area contributed by atoms with Gasteiger partial charge in [0, 0.05) is 6.04 Å². The predicted molar refractivity (Wildman–Crippen MR) is 51.5 cm³/mol. The maximum absolute atomic E-state index is 6.09. The van der Waals surface area contributed by atoms with Crippen LogP contribution in [-0.4, -0.2) is 6.04 Å². The average molecular weight is 157 g/mol. The van der Waals surface area contributed by atoms with Gasteiger partial charge in [0.2, 0.25) is 0 Å². The molecule has 0 aromatic rings. The summed E-state index contributed by atoms with van der Waals surface area (Å²) in [6.45, 7) is 8.93. The molecule has 0 aliphatic rings. The summed E-state index contributed by atoms with van der Waals surface area (Å²) < 4.78 is 0. The van der Waals surface area contributed by atoms with Gasteiger partial charge in [-0.1, -0.05) is 47.0 Å². The number of rotatable bonds is 5. The first-order valence-electron chi connectivity index (χ1n) is 4.92. The van der Waals surface area contributed by atoms with E-state index in [4.69, 9.17) is 5.73 Å². The molecule has 0 fully saturated rings. The summed E-state index contributed by atoms with van der Waals surface area (Å²) >= 11 is 0. The van der Waals surface area contributed by atoms with Gasteiger partial charge >= 0.3 is 0 Å². The number of hydrogen-bond acceptors (Lipinski definition) is 1. The third-order valence-corrected chi connectivity index (χ3v) is 2.89. The van der Waals surface area contributed by atoms with Gasteiger partial charge in [0.15, 0.2) is 0 Å². The molecule has 2 atom stereocenters. The molecule has 0 aliphatic carbocycles. The third-order valence-electron chi connectivity index (χ3n) is 2.89. The topological polar surface area (TPSA) is 26.0 Å². The SMILES string of the molecule is CCC(CC)[C@@H](N)[C@H](C)CC. The minimum Gasteiger partial charge on any atom is -0.327 e. The van der Waals surface area contributed by atoms with E-state index in [1.807, 2.05) is 0 Å². The molecule has 0 amide bonds. The highest BCUT2D eigenvalue weighted by atomic mass is 14.7. The van der Waals surface area contributed by atoms with Crippen LogP contribution in [0, 0.1) is 11.8 Å². The highest BCUT2D eigenvalue weighted by molar-refractivity contribution is 4.75. The van der Waals surface area contributed by atoms with Gasteiger partial charge in [-0.2, -0.15) is 0 Å². The number of nitrogens with two attached hydrogens (primary N) is 1. The minimum atomic E-state index is 0.412. The molecule has 0 bridgehead atoms. The highest BCUT2D eigenvalue weighted by Gasteiger charge is 2.18. The smallest absolute Gasteiger partial charge is 0.00926 e. The van der Waals surface area contributed by atoms with Crippen molar-refractivity contribution in [2.45, 2.75) is 53.0 Å². The minimum absolute atomic E-state index is 0.412. The molecule has 0 aliphatic heterocycles.